The van der Waals surface area contributed by atoms with Gasteiger partial charge in [0.2, 0.25) is 0 Å². The van der Waals surface area contributed by atoms with Gasteiger partial charge in [0.1, 0.15) is 42.7 Å². The van der Waals surface area contributed by atoms with Crippen LogP contribution in [0.3, 0.4) is 0 Å². The minimum absolute atomic E-state index is 0.185. The van der Waals surface area contributed by atoms with E-state index < -0.39 is 61.9 Å². The minimum Gasteiger partial charge on any atom is -0.394 e. The highest BCUT2D eigenvalue weighted by molar-refractivity contribution is 5.15. The van der Waals surface area contributed by atoms with Crippen molar-refractivity contribution in [3.8, 4) is 0 Å². The fourth-order valence-corrected chi connectivity index (χ4v) is 12.9. The van der Waals surface area contributed by atoms with Gasteiger partial charge in [-0.2, -0.15) is 0 Å². The van der Waals surface area contributed by atoms with Gasteiger partial charge >= 0.3 is 0 Å². The van der Waals surface area contributed by atoms with Crippen LogP contribution in [0, 0.1) is 52.3 Å². The molecule has 8 rings (SSSR count). The number of fused-ring (bicyclic) bond motifs is 7. The zero-order chi connectivity index (χ0) is 35.3. The molecule has 21 atom stereocenters. The molecule has 2 unspecified atom stereocenters. The molecule has 286 valence electrons. The molecule has 4 heterocycles. The summed E-state index contributed by atoms with van der Waals surface area (Å²) in [5, 5.41) is 62.2. The summed E-state index contributed by atoms with van der Waals surface area (Å²) in [6, 6.07) is 0. The molecule has 8 aliphatic rings. The van der Waals surface area contributed by atoms with Crippen LogP contribution in [-0.4, -0.2) is 124 Å². The average molecular weight is 711 g/mol. The van der Waals surface area contributed by atoms with E-state index in [2.05, 4.69) is 27.7 Å². The van der Waals surface area contributed by atoms with Gasteiger partial charge in [0.15, 0.2) is 18.4 Å². The largest absolute Gasteiger partial charge is 0.394 e. The Bertz CT molecular complexity index is 1210. The third-order valence-corrected chi connectivity index (χ3v) is 15.8. The molecular formula is C38H62O12. The van der Waals surface area contributed by atoms with Crippen LogP contribution in [0.5, 0.6) is 0 Å². The molecule has 0 aromatic heterocycles. The first-order chi connectivity index (χ1) is 23.8. The normalized spacial score (nSPS) is 59.4. The molecule has 0 bridgehead atoms. The lowest BCUT2D eigenvalue weighted by Crippen LogP contribution is -2.63. The van der Waals surface area contributed by atoms with Crippen molar-refractivity contribution in [3.63, 3.8) is 0 Å². The van der Waals surface area contributed by atoms with Crippen molar-refractivity contribution in [1.82, 2.24) is 0 Å². The SMILES string of the molecule is CC1CC[C@@]2(OC1)O[C@H]1C[C@H]3[C@@H]4CCC5C[C@@H](O[C@@H]6O[C@H](CO)[C@H](O)[C@H](O)[C@H]6O[C@@H]6OC[C@@H](O)[C@H](O)[C@H]6O)CC[C@]5(C)[C@H]4CC[C@]3(C)[C@H]1[C@@H]2C. The Hall–Kier alpha value is -0.480. The fraction of sp³-hybridized carbons (Fsp3) is 1.00. The van der Waals surface area contributed by atoms with Gasteiger partial charge in [0, 0.05) is 12.3 Å². The maximum Gasteiger partial charge on any atom is 0.187 e. The molecule has 0 aromatic carbocycles. The summed E-state index contributed by atoms with van der Waals surface area (Å²) in [6.07, 6.45) is -1.27. The van der Waals surface area contributed by atoms with Crippen LogP contribution >= 0.6 is 0 Å². The summed E-state index contributed by atoms with van der Waals surface area (Å²) in [5.41, 5.74) is 0.470. The van der Waals surface area contributed by atoms with Gasteiger partial charge in [-0.1, -0.05) is 27.7 Å². The Morgan fingerprint density at radius 1 is 0.740 bits per heavy atom. The summed E-state index contributed by atoms with van der Waals surface area (Å²) in [6.45, 7) is 9.79. The zero-order valence-electron chi connectivity index (χ0n) is 30.2. The number of hydrogen-bond acceptors (Lipinski definition) is 12. The number of rotatable bonds is 5. The molecule has 4 saturated heterocycles. The van der Waals surface area contributed by atoms with Crippen LogP contribution in [0.1, 0.15) is 91.9 Å². The fourth-order valence-electron chi connectivity index (χ4n) is 12.9. The molecule has 4 saturated carbocycles. The van der Waals surface area contributed by atoms with Crippen molar-refractivity contribution in [2.75, 3.05) is 19.8 Å². The first-order valence-electron chi connectivity index (χ1n) is 19.7. The van der Waals surface area contributed by atoms with E-state index in [1.54, 1.807) is 0 Å². The van der Waals surface area contributed by atoms with Gasteiger partial charge in [0.25, 0.3) is 0 Å². The van der Waals surface area contributed by atoms with E-state index >= 15 is 0 Å². The molecule has 0 amide bonds. The monoisotopic (exact) mass is 710 g/mol. The van der Waals surface area contributed by atoms with Crippen LogP contribution in [0.2, 0.25) is 0 Å². The Kier molecular flexibility index (Phi) is 9.76. The van der Waals surface area contributed by atoms with Crippen LogP contribution < -0.4 is 0 Å². The molecule has 4 aliphatic carbocycles. The third kappa shape index (κ3) is 5.68. The van der Waals surface area contributed by atoms with E-state index in [-0.39, 0.29) is 35.4 Å². The predicted octanol–water partition coefficient (Wildman–Crippen LogP) is 2.08. The number of aliphatic hydroxyl groups excluding tert-OH is 6. The zero-order valence-corrected chi connectivity index (χ0v) is 30.2. The van der Waals surface area contributed by atoms with Gasteiger partial charge in [-0.25, -0.2) is 0 Å². The third-order valence-electron chi connectivity index (χ3n) is 15.8. The van der Waals surface area contributed by atoms with Gasteiger partial charge < -0.3 is 59.1 Å². The summed E-state index contributed by atoms with van der Waals surface area (Å²) in [5.74, 6) is 3.65. The van der Waals surface area contributed by atoms with Crippen LogP contribution in [0.4, 0.5) is 0 Å². The lowest BCUT2D eigenvalue weighted by atomic mass is 9.44. The van der Waals surface area contributed by atoms with E-state index in [9.17, 15) is 30.6 Å². The van der Waals surface area contributed by atoms with E-state index in [1.807, 2.05) is 0 Å². The lowest BCUT2D eigenvalue weighted by Gasteiger charge is -2.61. The van der Waals surface area contributed by atoms with E-state index in [4.69, 9.17) is 28.4 Å². The standard InChI is InChI=1S/C38H62O12/c1-18-7-12-38(46-16-18)19(2)28-26(50-38)14-24-22-6-5-20-13-21(8-10-36(20,3)23(22)9-11-37(24,28)4)47-35-33(31(43)30(42)27(15-39)48-35)49-34-32(44)29(41)25(40)17-45-34/h18-35,39-44H,5-17H2,1-4H3/t18?,19-,20?,21-,22+,23-,24-,25+,26-,27+,28-,29-,30-,31-,32+,33+,34-,35+,36-,37-,38+/m0/s1. The minimum atomic E-state index is -1.58. The van der Waals surface area contributed by atoms with Crippen LogP contribution in [0.25, 0.3) is 0 Å². The van der Waals surface area contributed by atoms with Crippen LogP contribution in [-0.2, 0) is 28.4 Å². The summed E-state index contributed by atoms with van der Waals surface area (Å²) >= 11 is 0. The molecular weight excluding hydrogens is 648 g/mol. The van der Waals surface area contributed by atoms with Crippen molar-refractivity contribution in [3.05, 3.63) is 0 Å². The van der Waals surface area contributed by atoms with Crippen molar-refractivity contribution < 1.29 is 59.1 Å². The topological polar surface area (TPSA) is 177 Å². The predicted molar refractivity (Wildman–Crippen MR) is 177 cm³/mol. The quantitative estimate of drug-likeness (QED) is 0.230. The molecule has 0 aromatic rings. The smallest absolute Gasteiger partial charge is 0.187 e. The Labute approximate surface area is 296 Å². The maximum atomic E-state index is 11.1. The molecule has 12 heteroatoms. The first kappa shape index (κ1) is 36.5. The Morgan fingerprint density at radius 2 is 1.52 bits per heavy atom. The van der Waals surface area contributed by atoms with Crippen molar-refractivity contribution in [1.29, 1.82) is 0 Å². The molecule has 12 nitrogen and oxygen atoms in total. The van der Waals surface area contributed by atoms with Gasteiger partial charge in [0.05, 0.1) is 32.0 Å². The highest BCUT2D eigenvalue weighted by atomic mass is 16.8. The van der Waals surface area contributed by atoms with Crippen molar-refractivity contribution >= 4 is 0 Å². The van der Waals surface area contributed by atoms with E-state index in [1.165, 1.54) is 25.7 Å². The highest BCUT2D eigenvalue weighted by Gasteiger charge is 2.69. The molecule has 8 fully saturated rings. The maximum absolute atomic E-state index is 11.1. The van der Waals surface area contributed by atoms with Crippen LogP contribution in [0.15, 0.2) is 0 Å². The van der Waals surface area contributed by atoms with Gasteiger partial charge in [-0.05, 0) is 104 Å². The van der Waals surface area contributed by atoms with Crippen molar-refractivity contribution in [2.45, 2.75) is 165 Å². The highest BCUT2D eigenvalue weighted by Crippen LogP contribution is 2.71. The second-order valence-corrected chi connectivity index (χ2v) is 18.3. The second kappa shape index (κ2) is 13.4. The van der Waals surface area contributed by atoms with Gasteiger partial charge in [-0.15, -0.1) is 0 Å². The lowest BCUT2D eigenvalue weighted by molar-refractivity contribution is -0.364. The average Bonchev–Trinajstić information content (AvgIpc) is 3.54. The summed E-state index contributed by atoms with van der Waals surface area (Å²) < 4.78 is 37.4. The Morgan fingerprint density at radius 3 is 2.26 bits per heavy atom. The molecule has 4 aliphatic heterocycles. The second-order valence-electron chi connectivity index (χ2n) is 18.3. The van der Waals surface area contributed by atoms with Gasteiger partial charge in [-0.3, -0.25) is 0 Å². The molecule has 1 spiro atoms. The molecule has 0 radical (unpaired) electrons. The number of hydrogen-bond donors (Lipinski definition) is 6. The summed E-state index contributed by atoms with van der Waals surface area (Å²) in [4.78, 5) is 0. The molecule has 6 N–H and O–H groups in total. The number of ether oxygens (including phenoxy) is 6. The van der Waals surface area contributed by atoms with E-state index in [0.717, 1.165) is 45.1 Å². The Balaban J connectivity index is 0.939. The first-order valence-corrected chi connectivity index (χ1v) is 19.7. The summed E-state index contributed by atoms with van der Waals surface area (Å²) in [7, 11) is 0. The number of aliphatic hydroxyl groups is 6. The molecule has 50 heavy (non-hydrogen) atoms. The van der Waals surface area contributed by atoms with Crippen molar-refractivity contribution in [2.24, 2.45) is 52.3 Å². The van der Waals surface area contributed by atoms with E-state index in [0.29, 0.717) is 41.4 Å².